The molecule has 3 aromatic rings. The Balaban J connectivity index is 1.75. The van der Waals surface area contributed by atoms with Crippen molar-refractivity contribution in [2.75, 3.05) is 5.43 Å². The third kappa shape index (κ3) is 5.16. The van der Waals surface area contributed by atoms with Crippen molar-refractivity contribution in [1.29, 1.82) is 5.26 Å². The Morgan fingerprint density at radius 1 is 1.19 bits per heavy atom. The highest BCUT2D eigenvalue weighted by Gasteiger charge is 2.11. The molecule has 3 rings (SSSR count). The number of nitrogens with zero attached hydrogens (tertiary/aromatic N) is 3. The van der Waals surface area contributed by atoms with Gasteiger partial charge in [-0.15, -0.1) is 11.3 Å². The Kier molecular flexibility index (Phi) is 6.23. The van der Waals surface area contributed by atoms with Crippen molar-refractivity contribution in [2.24, 2.45) is 11.0 Å². The molecule has 0 atom stereocenters. The first-order chi connectivity index (χ1) is 13.0. The maximum Gasteiger partial charge on any atom is 0.196 e. The van der Waals surface area contributed by atoms with E-state index < -0.39 is 0 Å². The molecule has 0 aliphatic carbocycles. The predicted octanol–water partition coefficient (Wildman–Crippen LogP) is 6.00. The molecule has 1 heterocycles. The molecule has 0 amide bonds. The van der Waals surface area contributed by atoms with Gasteiger partial charge in [-0.3, -0.25) is 5.43 Å². The zero-order valence-electron chi connectivity index (χ0n) is 15.1. The second-order valence-electron chi connectivity index (χ2n) is 6.52. The lowest BCUT2D eigenvalue weighted by Gasteiger charge is -2.05. The summed E-state index contributed by atoms with van der Waals surface area (Å²) >= 11 is 7.27. The Bertz CT molecular complexity index is 967. The fourth-order valence-electron chi connectivity index (χ4n) is 2.56. The van der Waals surface area contributed by atoms with Crippen molar-refractivity contribution >= 4 is 34.3 Å². The Labute approximate surface area is 168 Å². The number of nitrogens with one attached hydrogen (secondary N) is 1. The molecule has 0 aliphatic heterocycles. The first kappa shape index (κ1) is 19.1. The average Bonchev–Trinajstić information content (AvgIpc) is 3.14. The molecule has 136 valence electrons. The number of hydrogen-bond acceptors (Lipinski definition) is 5. The normalized spacial score (nSPS) is 11.4. The lowest BCUT2D eigenvalue weighted by molar-refractivity contribution is 0.647. The Hall–Kier alpha value is -2.68. The lowest BCUT2D eigenvalue weighted by Crippen LogP contribution is -2.01. The van der Waals surface area contributed by atoms with E-state index in [0.29, 0.717) is 15.9 Å². The van der Waals surface area contributed by atoms with Crippen LogP contribution >= 0.6 is 22.9 Å². The van der Waals surface area contributed by atoms with Crippen molar-refractivity contribution in [2.45, 2.75) is 20.3 Å². The van der Waals surface area contributed by atoms with Gasteiger partial charge < -0.3 is 0 Å². The van der Waals surface area contributed by atoms with Gasteiger partial charge >= 0.3 is 0 Å². The Morgan fingerprint density at radius 3 is 2.52 bits per heavy atom. The van der Waals surface area contributed by atoms with Crippen molar-refractivity contribution in [3.8, 4) is 17.3 Å². The van der Waals surface area contributed by atoms with Crippen LogP contribution in [0.5, 0.6) is 0 Å². The number of anilines is 1. The van der Waals surface area contributed by atoms with Gasteiger partial charge in [0.15, 0.2) is 10.7 Å². The molecule has 0 spiro atoms. The zero-order chi connectivity index (χ0) is 19.2. The average molecular weight is 395 g/mol. The number of halogens is 1. The molecule has 27 heavy (non-hydrogen) atoms. The first-order valence-electron chi connectivity index (χ1n) is 8.59. The van der Waals surface area contributed by atoms with Gasteiger partial charge in [-0.2, -0.15) is 10.4 Å². The van der Waals surface area contributed by atoms with Crippen molar-refractivity contribution in [3.63, 3.8) is 0 Å². The molecule has 2 aromatic carbocycles. The summed E-state index contributed by atoms with van der Waals surface area (Å²) < 4.78 is 0. The minimum Gasteiger partial charge on any atom is -0.277 e. The maximum atomic E-state index is 9.43. The van der Waals surface area contributed by atoms with Gasteiger partial charge in [0.2, 0.25) is 0 Å². The van der Waals surface area contributed by atoms with Crippen LogP contribution in [0.1, 0.15) is 24.4 Å². The number of benzene rings is 2. The summed E-state index contributed by atoms with van der Waals surface area (Å²) in [7, 11) is 0. The summed E-state index contributed by atoms with van der Waals surface area (Å²) in [6, 6.07) is 17.6. The summed E-state index contributed by atoms with van der Waals surface area (Å²) in [5, 5.41) is 16.8. The minimum absolute atomic E-state index is 0.248. The van der Waals surface area contributed by atoms with E-state index in [4.69, 9.17) is 11.6 Å². The van der Waals surface area contributed by atoms with E-state index >= 15 is 0 Å². The van der Waals surface area contributed by atoms with Gasteiger partial charge in [-0.25, -0.2) is 4.98 Å². The van der Waals surface area contributed by atoms with Gasteiger partial charge in [0.05, 0.1) is 11.4 Å². The maximum absolute atomic E-state index is 9.43. The first-order valence-corrected chi connectivity index (χ1v) is 9.85. The Morgan fingerprint density at radius 2 is 1.89 bits per heavy atom. The van der Waals surface area contributed by atoms with Crippen LogP contribution < -0.4 is 5.43 Å². The molecule has 1 N–H and O–H groups in total. The molecule has 4 nitrogen and oxygen atoms in total. The van der Waals surface area contributed by atoms with Crippen LogP contribution in [-0.4, -0.2) is 10.7 Å². The molecule has 0 aliphatic rings. The molecule has 6 heteroatoms. The fourth-order valence-corrected chi connectivity index (χ4v) is 3.46. The molecular weight excluding hydrogens is 376 g/mol. The molecule has 0 saturated heterocycles. The van der Waals surface area contributed by atoms with Crippen LogP contribution in [0, 0.1) is 17.2 Å². The van der Waals surface area contributed by atoms with Gasteiger partial charge in [-0.1, -0.05) is 49.7 Å². The van der Waals surface area contributed by atoms with Crippen LogP contribution in [0.2, 0.25) is 5.02 Å². The number of aromatic nitrogens is 1. The summed E-state index contributed by atoms with van der Waals surface area (Å²) in [5.74, 6) is 0.629. The van der Waals surface area contributed by atoms with Crippen LogP contribution in [0.15, 0.2) is 59.0 Å². The quantitative estimate of drug-likeness (QED) is 0.411. The van der Waals surface area contributed by atoms with Gasteiger partial charge in [0.25, 0.3) is 0 Å². The van der Waals surface area contributed by atoms with Crippen LogP contribution in [-0.2, 0) is 6.42 Å². The fraction of sp³-hybridized carbons (Fsp3) is 0.190. The largest absolute Gasteiger partial charge is 0.277 e. The van der Waals surface area contributed by atoms with Crippen molar-refractivity contribution in [3.05, 3.63) is 69.5 Å². The van der Waals surface area contributed by atoms with Crippen LogP contribution in [0.3, 0.4) is 0 Å². The molecule has 0 fully saturated rings. The van der Waals surface area contributed by atoms with E-state index in [1.54, 1.807) is 24.3 Å². The highest BCUT2D eigenvalue weighted by molar-refractivity contribution is 7.12. The third-order valence-corrected chi connectivity index (χ3v) is 4.95. The van der Waals surface area contributed by atoms with Gasteiger partial charge in [-0.05, 0) is 42.2 Å². The minimum atomic E-state index is 0.248. The van der Waals surface area contributed by atoms with Crippen molar-refractivity contribution < 1.29 is 0 Å². The molecule has 0 radical (unpaired) electrons. The smallest absolute Gasteiger partial charge is 0.196 e. The summed E-state index contributed by atoms with van der Waals surface area (Å²) in [5.41, 5.74) is 7.07. The number of nitriles is 1. The summed E-state index contributed by atoms with van der Waals surface area (Å²) in [6.07, 6.45) is 1.06. The van der Waals surface area contributed by atoms with Crippen LogP contribution in [0.25, 0.3) is 11.3 Å². The van der Waals surface area contributed by atoms with E-state index in [2.05, 4.69) is 59.7 Å². The topological polar surface area (TPSA) is 61.1 Å². The monoisotopic (exact) mass is 394 g/mol. The standard InChI is InChI=1S/C21H19ClN4S/c1-14(2)11-15-3-5-16(6-4-15)20-13-27-21(24-20)19(12-23)26-25-18-9-7-17(22)8-10-18/h3-10,13-14,25H,11H2,1-2H3/b26-19-. The van der Waals surface area contributed by atoms with Gasteiger partial charge in [0, 0.05) is 16.0 Å². The number of rotatable bonds is 6. The number of thiazole rings is 1. The summed E-state index contributed by atoms with van der Waals surface area (Å²) in [4.78, 5) is 4.57. The molecule has 0 unspecified atom stereocenters. The number of hydrogen-bond donors (Lipinski definition) is 1. The molecule has 0 bridgehead atoms. The zero-order valence-corrected chi connectivity index (χ0v) is 16.7. The summed E-state index contributed by atoms with van der Waals surface area (Å²) in [6.45, 7) is 4.42. The van der Waals surface area contributed by atoms with Crippen molar-refractivity contribution in [1.82, 2.24) is 4.98 Å². The van der Waals surface area contributed by atoms with Gasteiger partial charge in [0.1, 0.15) is 6.07 Å². The SMILES string of the molecule is CC(C)Cc1ccc(-c2csc(/C(C#N)=N\Nc3ccc(Cl)cc3)n2)cc1. The van der Waals surface area contributed by atoms with Crippen LogP contribution in [0.4, 0.5) is 5.69 Å². The molecular formula is C21H19ClN4S. The predicted molar refractivity (Wildman–Crippen MR) is 113 cm³/mol. The molecule has 1 aromatic heterocycles. The van der Waals surface area contributed by atoms with E-state index in [9.17, 15) is 5.26 Å². The highest BCUT2D eigenvalue weighted by atomic mass is 35.5. The lowest BCUT2D eigenvalue weighted by atomic mass is 10.0. The van der Waals surface area contributed by atoms with E-state index in [1.807, 2.05) is 5.38 Å². The van der Waals surface area contributed by atoms with E-state index in [0.717, 1.165) is 23.4 Å². The second kappa shape index (κ2) is 8.81. The van der Waals surface area contributed by atoms with E-state index in [1.165, 1.54) is 16.9 Å². The highest BCUT2D eigenvalue weighted by Crippen LogP contribution is 2.23. The van der Waals surface area contributed by atoms with E-state index in [-0.39, 0.29) is 5.71 Å². The third-order valence-electron chi connectivity index (χ3n) is 3.85. The molecule has 0 saturated carbocycles. The number of hydrazone groups is 1. The second-order valence-corrected chi connectivity index (χ2v) is 7.82.